The Kier molecular flexibility index (Phi) is 4.52. The van der Waals surface area contributed by atoms with Crippen molar-refractivity contribution in [3.63, 3.8) is 0 Å². The van der Waals surface area contributed by atoms with Crippen molar-refractivity contribution in [1.82, 2.24) is 9.88 Å². The van der Waals surface area contributed by atoms with Gasteiger partial charge in [-0.25, -0.2) is 0 Å². The van der Waals surface area contributed by atoms with Crippen LogP contribution in [-0.4, -0.2) is 20.9 Å². The molecule has 3 aromatic rings. The molecule has 2 aromatic carbocycles. The van der Waals surface area contributed by atoms with Gasteiger partial charge in [0.25, 0.3) is 5.91 Å². The van der Waals surface area contributed by atoms with Gasteiger partial charge in [0.1, 0.15) is 5.69 Å². The van der Waals surface area contributed by atoms with Crippen molar-refractivity contribution in [3.8, 4) is 11.1 Å². The van der Waals surface area contributed by atoms with E-state index in [1.165, 1.54) is 0 Å². The molecule has 0 unspecified atom stereocenters. The van der Waals surface area contributed by atoms with Crippen molar-refractivity contribution in [2.75, 3.05) is 0 Å². The Morgan fingerprint density at radius 1 is 1.07 bits per heavy atom. The highest BCUT2D eigenvalue weighted by atomic mass is 16.3. The number of aromatic nitrogens is 1. The van der Waals surface area contributed by atoms with Crippen molar-refractivity contribution >= 4 is 5.91 Å². The number of hydrogen-bond acceptors (Lipinski definition) is 3. The smallest absolute Gasteiger partial charge is 0.273 e. The van der Waals surface area contributed by atoms with Crippen LogP contribution in [0.4, 0.5) is 0 Å². The summed E-state index contributed by atoms with van der Waals surface area (Å²) in [6, 6.07) is 18.2. The fraction of sp³-hybridized carbons (Fsp3) is 0.250. The summed E-state index contributed by atoms with van der Waals surface area (Å²) in [5.41, 5.74) is 6.15. The second kappa shape index (κ2) is 6.88. The van der Waals surface area contributed by atoms with Crippen LogP contribution < -0.4 is 0 Å². The normalized spacial score (nSPS) is 13.7. The minimum absolute atomic E-state index is 0.00119. The predicted octanol–water partition coefficient (Wildman–Crippen LogP) is 4.44. The molecule has 1 aliphatic heterocycles. The third kappa shape index (κ3) is 3.43. The minimum atomic E-state index is -0.840. The summed E-state index contributed by atoms with van der Waals surface area (Å²) in [6.07, 6.45) is 1.67. The number of pyridine rings is 1. The van der Waals surface area contributed by atoms with Gasteiger partial charge in [0, 0.05) is 24.8 Å². The maximum atomic E-state index is 12.6. The van der Waals surface area contributed by atoms with Gasteiger partial charge in [0.2, 0.25) is 0 Å². The number of amides is 1. The van der Waals surface area contributed by atoms with Crippen LogP contribution in [-0.2, 0) is 18.7 Å². The molecule has 28 heavy (non-hydrogen) atoms. The quantitative estimate of drug-likeness (QED) is 0.737. The highest BCUT2D eigenvalue weighted by Crippen LogP contribution is 2.28. The summed E-state index contributed by atoms with van der Waals surface area (Å²) < 4.78 is 0. The van der Waals surface area contributed by atoms with Crippen LogP contribution in [0.25, 0.3) is 11.1 Å². The fourth-order valence-corrected chi connectivity index (χ4v) is 3.64. The van der Waals surface area contributed by atoms with E-state index in [0.29, 0.717) is 18.8 Å². The van der Waals surface area contributed by atoms with E-state index >= 15 is 0 Å². The van der Waals surface area contributed by atoms with Gasteiger partial charge in [-0.2, -0.15) is 0 Å². The molecule has 1 N–H and O–H groups in total. The first-order chi connectivity index (χ1) is 13.3. The summed E-state index contributed by atoms with van der Waals surface area (Å²) in [4.78, 5) is 18.6. The first-order valence-electron chi connectivity index (χ1n) is 9.49. The Morgan fingerprint density at radius 3 is 2.43 bits per heavy atom. The SMILES string of the molecule is Cc1cc(-c2ccc(C(C)(C)O)cc2)ccc1CN1Cc2cccnc2C1=O. The molecule has 0 aliphatic carbocycles. The van der Waals surface area contributed by atoms with Crippen LogP contribution in [0.1, 0.15) is 46.6 Å². The molecule has 0 bridgehead atoms. The monoisotopic (exact) mass is 372 g/mol. The highest BCUT2D eigenvalue weighted by molar-refractivity contribution is 5.96. The number of fused-ring (bicyclic) bond motifs is 1. The molecular weight excluding hydrogens is 348 g/mol. The minimum Gasteiger partial charge on any atom is -0.386 e. The Hall–Kier alpha value is -2.98. The van der Waals surface area contributed by atoms with Gasteiger partial charge < -0.3 is 10.0 Å². The molecule has 0 saturated carbocycles. The zero-order valence-corrected chi connectivity index (χ0v) is 16.4. The van der Waals surface area contributed by atoms with E-state index in [4.69, 9.17) is 0 Å². The molecule has 4 rings (SSSR count). The summed E-state index contributed by atoms with van der Waals surface area (Å²) >= 11 is 0. The van der Waals surface area contributed by atoms with E-state index in [0.717, 1.165) is 33.4 Å². The van der Waals surface area contributed by atoms with Crippen molar-refractivity contribution in [1.29, 1.82) is 0 Å². The molecule has 4 nitrogen and oxygen atoms in total. The number of carbonyl (C=O) groups is 1. The van der Waals surface area contributed by atoms with E-state index in [-0.39, 0.29) is 5.91 Å². The van der Waals surface area contributed by atoms with E-state index in [1.54, 1.807) is 20.0 Å². The Labute approximate surface area is 165 Å². The summed E-state index contributed by atoms with van der Waals surface area (Å²) in [5, 5.41) is 10.1. The lowest BCUT2D eigenvalue weighted by Crippen LogP contribution is -2.24. The molecule has 1 aromatic heterocycles. The number of hydrogen-bond donors (Lipinski definition) is 1. The van der Waals surface area contributed by atoms with Gasteiger partial charge in [-0.05, 0) is 54.7 Å². The maximum absolute atomic E-state index is 12.6. The lowest BCUT2D eigenvalue weighted by atomic mass is 9.94. The molecule has 0 saturated heterocycles. The van der Waals surface area contributed by atoms with Crippen LogP contribution in [0.3, 0.4) is 0 Å². The van der Waals surface area contributed by atoms with Crippen LogP contribution >= 0.6 is 0 Å². The molecule has 0 radical (unpaired) electrons. The van der Waals surface area contributed by atoms with Crippen LogP contribution in [0, 0.1) is 6.92 Å². The lowest BCUT2D eigenvalue weighted by molar-refractivity contribution is 0.0760. The summed E-state index contributed by atoms with van der Waals surface area (Å²) in [6.45, 7) is 6.85. The van der Waals surface area contributed by atoms with Gasteiger partial charge in [0.15, 0.2) is 0 Å². The van der Waals surface area contributed by atoms with Crippen molar-refractivity contribution in [3.05, 3.63) is 88.7 Å². The van der Waals surface area contributed by atoms with Crippen LogP contribution in [0.5, 0.6) is 0 Å². The van der Waals surface area contributed by atoms with Crippen molar-refractivity contribution in [2.24, 2.45) is 0 Å². The average Bonchev–Trinajstić information content (AvgIpc) is 2.99. The number of carbonyl (C=O) groups excluding carboxylic acids is 1. The topological polar surface area (TPSA) is 53.4 Å². The summed E-state index contributed by atoms with van der Waals surface area (Å²) in [5.74, 6) is 0.00119. The largest absolute Gasteiger partial charge is 0.386 e. The molecule has 4 heteroatoms. The van der Waals surface area contributed by atoms with E-state index in [9.17, 15) is 9.90 Å². The second-order valence-corrected chi connectivity index (χ2v) is 7.95. The predicted molar refractivity (Wildman–Crippen MR) is 110 cm³/mol. The molecule has 1 aliphatic rings. The zero-order valence-electron chi connectivity index (χ0n) is 16.4. The van der Waals surface area contributed by atoms with Gasteiger partial charge >= 0.3 is 0 Å². The molecule has 0 spiro atoms. The van der Waals surface area contributed by atoms with Gasteiger partial charge in [-0.1, -0.05) is 48.5 Å². The van der Waals surface area contributed by atoms with E-state index in [2.05, 4.69) is 30.1 Å². The average molecular weight is 372 g/mol. The first kappa shape index (κ1) is 18.4. The van der Waals surface area contributed by atoms with Gasteiger partial charge in [-0.3, -0.25) is 9.78 Å². The summed E-state index contributed by atoms with van der Waals surface area (Å²) in [7, 11) is 0. The van der Waals surface area contributed by atoms with E-state index in [1.807, 2.05) is 41.3 Å². The van der Waals surface area contributed by atoms with Crippen molar-refractivity contribution in [2.45, 2.75) is 39.5 Å². The molecule has 1 amide bonds. The molecule has 2 heterocycles. The first-order valence-corrected chi connectivity index (χ1v) is 9.49. The number of rotatable bonds is 4. The molecular formula is C24H24N2O2. The lowest BCUT2D eigenvalue weighted by Gasteiger charge is -2.19. The Morgan fingerprint density at radius 2 is 1.79 bits per heavy atom. The standard InChI is InChI=1S/C24H24N2O2/c1-16-13-18(17-8-10-21(11-9-17)24(2,3)28)6-7-19(16)14-26-15-20-5-4-12-25-22(20)23(26)27/h4-13,28H,14-15H2,1-3H3. The van der Waals surface area contributed by atoms with Crippen LogP contribution in [0.15, 0.2) is 60.8 Å². The maximum Gasteiger partial charge on any atom is 0.273 e. The Balaban J connectivity index is 1.53. The fourth-order valence-electron chi connectivity index (χ4n) is 3.64. The highest BCUT2D eigenvalue weighted by Gasteiger charge is 2.28. The molecule has 0 fully saturated rings. The van der Waals surface area contributed by atoms with E-state index < -0.39 is 5.60 Å². The second-order valence-electron chi connectivity index (χ2n) is 7.95. The number of aliphatic hydroxyl groups is 1. The number of nitrogens with zero attached hydrogens (tertiary/aromatic N) is 2. The number of benzene rings is 2. The zero-order chi connectivity index (χ0) is 19.9. The van der Waals surface area contributed by atoms with Gasteiger partial charge in [0.05, 0.1) is 5.60 Å². The molecule has 0 atom stereocenters. The number of aryl methyl sites for hydroxylation is 1. The third-order valence-corrected chi connectivity index (χ3v) is 5.37. The van der Waals surface area contributed by atoms with Crippen LogP contribution in [0.2, 0.25) is 0 Å². The van der Waals surface area contributed by atoms with Crippen molar-refractivity contribution < 1.29 is 9.90 Å². The van der Waals surface area contributed by atoms with Gasteiger partial charge in [-0.15, -0.1) is 0 Å². The third-order valence-electron chi connectivity index (χ3n) is 5.37. The Bertz CT molecular complexity index is 1030. The molecule has 142 valence electrons.